The van der Waals surface area contributed by atoms with Crippen LogP contribution in [0.2, 0.25) is 5.02 Å². The molecule has 1 saturated heterocycles. The van der Waals surface area contributed by atoms with Crippen LogP contribution in [0.25, 0.3) is 0 Å². The molecule has 1 unspecified atom stereocenters. The Labute approximate surface area is 145 Å². The fourth-order valence-corrected chi connectivity index (χ4v) is 3.34. The first-order valence-electron chi connectivity index (χ1n) is 7.85. The van der Waals surface area contributed by atoms with Crippen LogP contribution in [-0.2, 0) is 6.42 Å². The lowest BCUT2D eigenvalue weighted by molar-refractivity contribution is -0.384. The third-order valence-electron chi connectivity index (χ3n) is 4.38. The normalized spacial score (nSPS) is 17.0. The predicted molar refractivity (Wildman–Crippen MR) is 92.3 cm³/mol. The molecule has 1 fully saturated rings. The van der Waals surface area contributed by atoms with Crippen LogP contribution in [-0.4, -0.2) is 28.3 Å². The summed E-state index contributed by atoms with van der Waals surface area (Å²) in [4.78, 5) is 24.8. The summed E-state index contributed by atoms with van der Waals surface area (Å²) >= 11 is 6.23. The van der Waals surface area contributed by atoms with E-state index in [9.17, 15) is 14.9 Å². The fourth-order valence-electron chi connectivity index (χ4n) is 3.12. The fraction of sp³-hybridized carbons (Fsp3) is 0.278. The molecular formula is C18H17ClN2O3. The number of nitro benzene ring substituents is 1. The number of hydrogen-bond donors (Lipinski definition) is 0. The Morgan fingerprint density at radius 1 is 1.21 bits per heavy atom. The molecule has 6 heteroatoms. The monoisotopic (exact) mass is 344 g/mol. The van der Waals surface area contributed by atoms with Crippen molar-refractivity contribution in [2.45, 2.75) is 25.3 Å². The zero-order chi connectivity index (χ0) is 17.1. The van der Waals surface area contributed by atoms with Crippen molar-refractivity contribution >= 4 is 23.2 Å². The van der Waals surface area contributed by atoms with Gasteiger partial charge in [0.1, 0.15) is 0 Å². The first-order valence-corrected chi connectivity index (χ1v) is 8.23. The molecule has 1 amide bonds. The van der Waals surface area contributed by atoms with Crippen molar-refractivity contribution in [3.63, 3.8) is 0 Å². The molecule has 5 nitrogen and oxygen atoms in total. The number of amides is 1. The Bertz CT molecular complexity index is 761. The molecule has 124 valence electrons. The molecule has 3 rings (SSSR count). The zero-order valence-electron chi connectivity index (χ0n) is 13.0. The van der Waals surface area contributed by atoms with E-state index < -0.39 is 4.92 Å². The summed E-state index contributed by atoms with van der Waals surface area (Å²) in [5.41, 5.74) is 1.50. The molecule has 0 bridgehead atoms. The van der Waals surface area contributed by atoms with Crippen molar-refractivity contribution in [3.8, 4) is 0 Å². The highest BCUT2D eigenvalue weighted by atomic mass is 35.5. The summed E-state index contributed by atoms with van der Waals surface area (Å²) in [6.45, 7) is 0.699. The van der Waals surface area contributed by atoms with Crippen LogP contribution in [0.15, 0.2) is 48.5 Å². The van der Waals surface area contributed by atoms with Gasteiger partial charge in [-0.15, -0.1) is 0 Å². The lowest BCUT2D eigenvalue weighted by atomic mass is 10.0. The second-order valence-electron chi connectivity index (χ2n) is 5.89. The van der Waals surface area contributed by atoms with E-state index >= 15 is 0 Å². The first-order chi connectivity index (χ1) is 11.6. The molecule has 1 aliphatic rings. The van der Waals surface area contributed by atoms with Crippen molar-refractivity contribution in [1.29, 1.82) is 0 Å². The summed E-state index contributed by atoms with van der Waals surface area (Å²) in [5, 5.41) is 11.4. The Morgan fingerprint density at radius 3 is 2.58 bits per heavy atom. The standard InChI is InChI=1S/C18H17ClN2O3/c19-17-6-2-1-4-14(17)12-16-5-3-11-20(16)18(22)13-7-9-15(10-8-13)21(23)24/h1-2,4,6-10,16H,3,5,11-12H2. The van der Waals surface area contributed by atoms with E-state index in [1.165, 1.54) is 24.3 Å². The van der Waals surface area contributed by atoms with Crippen LogP contribution in [0.3, 0.4) is 0 Å². The predicted octanol–water partition coefficient (Wildman–Crippen LogP) is 4.10. The molecule has 0 aliphatic carbocycles. The van der Waals surface area contributed by atoms with Crippen molar-refractivity contribution in [1.82, 2.24) is 4.90 Å². The Hall–Kier alpha value is -2.40. The van der Waals surface area contributed by atoms with E-state index in [2.05, 4.69) is 0 Å². The van der Waals surface area contributed by atoms with Crippen LogP contribution >= 0.6 is 11.6 Å². The molecule has 24 heavy (non-hydrogen) atoms. The van der Waals surface area contributed by atoms with E-state index in [1.807, 2.05) is 29.2 Å². The van der Waals surface area contributed by atoms with E-state index in [4.69, 9.17) is 11.6 Å². The third-order valence-corrected chi connectivity index (χ3v) is 4.75. The minimum absolute atomic E-state index is 0.0133. The van der Waals surface area contributed by atoms with Gasteiger partial charge in [0.05, 0.1) is 4.92 Å². The first kappa shape index (κ1) is 16.5. The second kappa shape index (κ2) is 7.01. The minimum Gasteiger partial charge on any atom is -0.335 e. The summed E-state index contributed by atoms with van der Waals surface area (Å²) in [5.74, 6) is -0.0838. The highest BCUT2D eigenvalue weighted by Gasteiger charge is 2.30. The van der Waals surface area contributed by atoms with E-state index in [0.29, 0.717) is 17.1 Å². The Morgan fingerprint density at radius 2 is 1.92 bits per heavy atom. The van der Waals surface area contributed by atoms with Crippen molar-refractivity contribution in [3.05, 3.63) is 74.8 Å². The maximum Gasteiger partial charge on any atom is 0.269 e. The lowest BCUT2D eigenvalue weighted by Crippen LogP contribution is -2.36. The average molecular weight is 345 g/mol. The average Bonchev–Trinajstić information content (AvgIpc) is 3.04. The van der Waals surface area contributed by atoms with Gasteiger partial charge >= 0.3 is 0 Å². The quantitative estimate of drug-likeness (QED) is 0.619. The smallest absolute Gasteiger partial charge is 0.269 e. The van der Waals surface area contributed by atoms with E-state index in [1.54, 1.807) is 0 Å². The van der Waals surface area contributed by atoms with Gasteiger partial charge in [0.25, 0.3) is 11.6 Å². The molecule has 1 aliphatic heterocycles. The molecule has 1 atom stereocenters. The van der Waals surface area contributed by atoms with Gasteiger partial charge in [0, 0.05) is 35.3 Å². The second-order valence-corrected chi connectivity index (χ2v) is 6.30. The zero-order valence-corrected chi connectivity index (χ0v) is 13.8. The maximum absolute atomic E-state index is 12.7. The van der Waals surface area contributed by atoms with Crippen molar-refractivity contribution in [2.75, 3.05) is 6.54 Å². The summed E-state index contributed by atoms with van der Waals surface area (Å²) < 4.78 is 0. The summed E-state index contributed by atoms with van der Waals surface area (Å²) in [6, 6.07) is 13.5. The SMILES string of the molecule is O=C(c1ccc([N+](=O)[O-])cc1)N1CCCC1Cc1ccccc1Cl. The number of nitro groups is 1. The van der Waals surface area contributed by atoms with Crippen LogP contribution in [0, 0.1) is 10.1 Å². The van der Waals surface area contributed by atoms with Gasteiger partial charge < -0.3 is 4.90 Å². The molecule has 0 aromatic heterocycles. The molecule has 2 aromatic carbocycles. The molecule has 0 radical (unpaired) electrons. The number of carbonyl (C=O) groups is 1. The number of benzene rings is 2. The minimum atomic E-state index is -0.468. The summed E-state index contributed by atoms with van der Waals surface area (Å²) in [7, 11) is 0. The lowest BCUT2D eigenvalue weighted by Gasteiger charge is -2.25. The topological polar surface area (TPSA) is 63.4 Å². The highest BCUT2D eigenvalue weighted by molar-refractivity contribution is 6.31. The van der Waals surface area contributed by atoms with E-state index in [0.717, 1.165) is 24.8 Å². The van der Waals surface area contributed by atoms with Gasteiger partial charge in [-0.25, -0.2) is 0 Å². The summed E-state index contributed by atoms with van der Waals surface area (Å²) in [6.07, 6.45) is 2.61. The largest absolute Gasteiger partial charge is 0.335 e. The number of rotatable bonds is 4. The van der Waals surface area contributed by atoms with Crippen LogP contribution < -0.4 is 0 Å². The van der Waals surface area contributed by atoms with Crippen molar-refractivity contribution < 1.29 is 9.72 Å². The molecule has 0 N–H and O–H groups in total. The Balaban J connectivity index is 1.76. The molecule has 0 saturated carbocycles. The number of non-ortho nitro benzene ring substituents is 1. The molecule has 2 aromatic rings. The van der Waals surface area contributed by atoms with Crippen molar-refractivity contribution in [2.24, 2.45) is 0 Å². The van der Waals surface area contributed by atoms with Gasteiger partial charge in [0.15, 0.2) is 0 Å². The maximum atomic E-state index is 12.7. The van der Waals surface area contributed by atoms with Gasteiger partial charge in [-0.1, -0.05) is 29.8 Å². The highest BCUT2D eigenvalue weighted by Crippen LogP contribution is 2.26. The van der Waals surface area contributed by atoms with Gasteiger partial charge in [0.2, 0.25) is 0 Å². The number of likely N-dealkylation sites (tertiary alicyclic amines) is 1. The Kier molecular flexibility index (Phi) is 4.81. The van der Waals surface area contributed by atoms with Crippen LogP contribution in [0.5, 0.6) is 0 Å². The van der Waals surface area contributed by atoms with Crippen LogP contribution in [0.1, 0.15) is 28.8 Å². The van der Waals surface area contributed by atoms with E-state index in [-0.39, 0.29) is 17.6 Å². The number of hydrogen-bond acceptors (Lipinski definition) is 3. The molecular weight excluding hydrogens is 328 g/mol. The van der Waals surface area contributed by atoms with Gasteiger partial charge in [-0.2, -0.15) is 0 Å². The van der Waals surface area contributed by atoms with Crippen LogP contribution in [0.4, 0.5) is 5.69 Å². The molecule has 0 spiro atoms. The number of halogens is 1. The third kappa shape index (κ3) is 3.41. The molecule has 1 heterocycles. The van der Waals surface area contributed by atoms with Gasteiger partial charge in [-0.3, -0.25) is 14.9 Å². The number of nitrogens with zero attached hydrogens (tertiary/aromatic N) is 2. The number of carbonyl (C=O) groups excluding carboxylic acids is 1. The van der Waals surface area contributed by atoms with Gasteiger partial charge in [-0.05, 0) is 43.0 Å².